The largest absolute Gasteiger partial charge is 0.359 e. The number of rotatable bonds is 1. The molecular weight excluding hydrogens is 162 g/mol. The molecule has 0 spiro atoms. The summed E-state index contributed by atoms with van der Waals surface area (Å²) in [5.41, 5.74) is 3.47. The Morgan fingerprint density at radius 3 is 2.77 bits per heavy atom. The van der Waals surface area contributed by atoms with E-state index in [9.17, 15) is 0 Å². The Morgan fingerprint density at radius 1 is 1.38 bits per heavy atom. The Morgan fingerprint density at radius 2 is 2.15 bits per heavy atom. The van der Waals surface area contributed by atoms with Crippen LogP contribution in [0.15, 0.2) is 18.2 Å². The molecule has 3 nitrogen and oxygen atoms in total. The van der Waals surface area contributed by atoms with Crippen LogP contribution in [0, 0.1) is 6.92 Å². The lowest BCUT2D eigenvalue weighted by atomic mass is 10.2. The van der Waals surface area contributed by atoms with Crippen LogP contribution < -0.4 is 5.32 Å². The Balaban J connectivity index is 2.83. The standard InChI is InChI=1S/C10H13N3/c1-7-5-4-6-8-9(7)12-10(11-2)13(8)3/h4-6H,1-3H3,(H,11,12). The van der Waals surface area contributed by atoms with E-state index in [1.165, 1.54) is 11.1 Å². The second-order valence-corrected chi connectivity index (χ2v) is 3.19. The van der Waals surface area contributed by atoms with E-state index in [0.717, 1.165) is 11.5 Å². The molecule has 0 amide bonds. The molecule has 1 heterocycles. The number of imidazole rings is 1. The van der Waals surface area contributed by atoms with Gasteiger partial charge in [0.1, 0.15) is 0 Å². The summed E-state index contributed by atoms with van der Waals surface area (Å²) in [7, 11) is 3.90. The predicted molar refractivity (Wildman–Crippen MR) is 55.0 cm³/mol. The van der Waals surface area contributed by atoms with E-state index in [-0.39, 0.29) is 0 Å². The molecule has 0 atom stereocenters. The van der Waals surface area contributed by atoms with Crippen molar-refractivity contribution in [1.82, 2.24) is 9.55 Å². The van der Waals surface area contributed by atoms with Crippen LogP contribution in [0.2, 0.25) is 0 Å². The van der Waals surface area contributed by atoms with E-state index in [2.05, 4.69) is 40.0 Å². The van der Waals surface area contributed by atoms with Crippen molar-refractivity contribution >= 4 is 17.0 Å². The third kappa shape index (κ3) is 1.08. The minimum Gasteiger partial charge on any atom is -0.359 e. The Kier molecular flexibility index (Phi) is 1.72. The molecule has 0 saturated heterocycles. The Hall–Kier alpha value is -1.51. The minimum atomic E-state index is 0.907. The zero-order chi connectivity index (χ0) is 9.42. The topological polar surface area (TPSA) is 29.9 Å². The zero-order valence-corrected chi connectivity index (χ0v) is 8.13. The maximum absolute atomic E-state index is 4.48. The summed E-state index contributed by atoms with van der Waals surface area (Å²) in [6.07, 6.45) is 0. The van der Waals surface area contributed by atoms with Crippen molar-refractivity contribution in [2.24, 2.45) is 7.05 Å². The number of para-hydroxylation sites is 1. The van der Waals surface area contributed by atoms with Gasteiger partial charge in [0.05, 0.1) is 11.0 Å². The fraction of sp³-hybridized carbons (Fsp3) is 0.300. The summed E-state index contributed by atoms with van der Waals surface area (Å²) in [6.45, 7) is 2.08. The van der Waals surface area contributed by atoms with Crippen molar-refractivity contribution in [2.75, 3.05) is 12.4 Å². The van der Waals surface area contributed by atoms with E-state index in [4.69, 9.17) is 0 Å². The molecule has 68 valence electrons. The van der Waals surface area contributed by atoms with Crippen LogP contribution in [0.4, 0.5) is 5.95 Å². The maximum Gasteiger partial charge on any atom is 0.203 e. The molecule has 3 heteroatoms. The van der Waals surface area contributed by atoms with Crippen LogP contribution in [-0.2, 0) is 7.05 Å². The van der Waals surface area contributed by atoms with Gasteiger partial charge in [-0.3, -0.25) is 0 Å². The van der Waals surface area contributed by atoms with Crippen LogP contribution in [-0.4, -0.2) is 16.6 Å². The monoisotopic (exact) mass is 175 g/mol. The first kappa shape index (κ1) is 8.10. The summed E-state index contributed by atoms with van der Waals surface area (Å²) in [4.78, 5) is 4.48. The van der Waals surface area contributed by atoms with Gasteiger partial charge in [-0.2, -0.15) is 0 Å². The molecule has 1 aromatic heterocycles. The molecule has 2 aromatic rings. The highest BCUT2D eigenvalue weighted by Crippen LogP contribution is 2.20. The zero-order valence-electron chi connectivity index (χ0n) is 8.13. The molecule has 0 fully saturated rings. The number of nitrogens with zero attached hydrogens (tertiary/aromatic N) is 2. The highest BCUT2D eigenvalue weighted by molar-refractivity contribution is 5.81. The van der Waals surface area contributed by atoms with Crippen molar-refractivity contribution in [2.45, 2.75) is 6.92 Å². The predicted octanol–water partition coefficient (Wildman–Crippen LogP) is 1.92. The average Bonchev–Trinajstić information content (AvgIpc) is 2.45. The van der Waals surface area contributed by atoms with E-state index >= 15 is 0 Å². The maximum atomic E-state index is 4.48. The third-order valence-electron chi connectivity index (χ3n) is 2.34. The molecule has 0 saturated carbocycles. The normalized spacial score (nSPS) is 10.7. The molecule has 0 radical (unpaired) electrons. The van der Waals surface area contributed by atoms with Crippen molar-refractivity contribution < 1.29 is 0 Å². The first-order valence-electron chi connectivity index (χ1n) is 4.34. The van der Waals surface area contributed by atoms with Crippen LogP contribution in [0.3, 0.4) is 0 Å². The molecule has 1 N–H and O–H groups in total. The van der Waals surface area contributed by atoms with Gasteiger partial charge in [0.25, 0.3) is 0 Å². The van der Waals surface area contributed by atoms with Gasteiger partial charge in [-0.1, -0.05) is 12.1 Å². The van der Waals surface area contributed by atoms with E-state index in [0.29, 0.717) is 0 Å². The fourth-order valence-electron chi connectivity index (χ4n) is 1.58. The number of hydrogen-bond donors (Lipinski definition) is 1. The van der Waals surface area contributed by atoms with Crippen molar-refractivity contribution in [3.63, 3.8) is 0 Å². The van der Waals surface area contributed by atoms with Crippen molar-refractivity contribution in [3.8, 4) is 0 Å². The highest BCUT2D eigenvalue weighted by atomic mass is 15.2. The summed E-state index contributed by atoms with van der Waals surface area (Å²) in [5.74, 6) is 0.907. The Labute approximate surface area is 77.4 Å². The van der Waals surface area contributed by atoms with E-state index in [1.807, 2.05) is 14.1 Å². The van der Waals surface area contributed by atoms with Crippen molar-refractivity contribution in [1.29, 1.82) is 0 Å². The summed E-state index contributed by atoms with van der Waals surface area (Å²) >= 11 is 0. The van der Waals surface area contributed by atoms with Gasteiger partial charge in [0, 0.05) is 14.1 Å². The lowest BCUT2D eigenvalue weighted by molar-refractivity contribution is 0.952. The summed E-state index contributed by atoms with van der Waals surface area (Å²) < 4.78 is 2.06. The second-order valence-electron chi connectivity index (χ2n) is 3.19. The number of aryl methyl sites for hydroxylation is 2. The van der Waals surface area contributed by atoms with Gasteiger partial charge < -0.3 is 9.88 Å². The van der Waals surface area contributed by atoms with Gasteiger partial charge in [-0.25, -0.2) is 4.98 Å². The molecule has 0 aliphatic rings. The van der Waals surface area contributed by atoms with Crippen LogP contribution >= 0.6 is 0 Å². The molecule has 0 unspecified atom stereocenters. The number of hydrogen-bond acceptors (Lipinski definition) is 2. The molecule has 2 rings (SSSR count). The first-order valence-corrected chi connectivity index (χ1v) is 4.34. The summed E-state index contributed by atoms with van der Waals surface area (Å²) in [5, 5.41) is 3.06. The van der Waals surface area contributed by atoms with Gasteiger partial charge in [-0.05, 0) is 18.6 Å². The fourth-order valence-corrected chi connectivity index (χ4v) is 1.58. The molecule has 0 bridgehead atoms. The minimum absolute atomic E-state index is 0.907. The molecular formula is C10H13N3. The van der Waals surface area contributed by atoms with Crippen LogP contribution in [0.25, 0.3) is 11.0 Å². The molecule has 1 aromatic carbocycles. The molecule has 13 heavy (non-hydrogen) atoms. The van der Waals surface area contributed by atoms with Crippen molar-refractivity contribution in [3.05, 3.63) is 23.8 Å². The lowest BCUT2D eigenvalue weighted by Gasteiger charge is -1.98. The van der Waals surface area contributed by atoms with Gasteiger partial charge >= 0.3 is 0 Å². The van der Waals surface area contributed by atoms with Crippen LogP contribution in [0.5, 0.6) is 0 Å². The Bertz CT molecular complexity index is 443. The molecule has 0 aliphatic heterocycles. The third-order valence-corrected chi connectivity index (χ3v) is 2.34. The van der Waals surface area contributed by atoms with Gasteiger partial charge in [0.15, 0.2) is 0 Å². The number of aromatic nitrogens is 2. The SMILES string of the molecule is CNc1nc2c(C)cccc2n1C. The van der Waals surface area contributed by atoms with Crippen LogP contribution in [0.1, 0.15) is 5.56 Å². The first-order chi connectivity index (χ1) is 6.24. The molecule has 0 aliphatic carbocycles. The number of benzene rings is 1. The number of anilines is 1. The van der Waals surface area contributed by atoms with Gasteiger partial charge in [0.2, 0.25) is 5.95 Å². The summed E-state index contributed by atoms with van der Waals surface area (Å²) in [6, 6.07) is 6.21. The number of nitrogens with one attached hydrogen (secondary N) is 1. The average molecular weight is 175 g/mol. The lowest BCUT2D eigenvalue weighted by Crippen LogP contribution is -1.97. The quantitative estimate of drug-likeness (QED) is 0.717. The second kappa shape index (κ2) is 2.76. The van der Waals surface area contributed by atoms with Gasteiger partial charge in [-0.15, -0.1) is 0 Å². The van der Waals surface area contributed by atoms with E-state index < -0.39 is 0 Å². The smallest absolute Gasteiger partial charge is 0.203 e. The highest BCUT2D eigenvalue weighted by Gasteiger charge is 2.06. The number of fused-ring (bicyclic) bond motifs is 1. The van der Waals surface area contributed by atoms with E-state index in [1.54, 1.807) is 0 Å².